The highest BCUT2D eigenvalue weighted by atomic mass is 79.9. The minimum absolute atomic E-state index is 0.0207. The Morgan fingerprint density at radius 2 is 1.73 bits per heavy atom. The maximum atomic E-state index is 12.9. The largest absolute Gasteiger partial charge is 0.287 e. The summed E-state index contributed by atoms with van der Waals surface area (Å²) in [6, 6.07) is 14.8. The van der Waals surface area contributed by atoms with E-state index in [1.54, 1.807) is 36.4 Å². The number of halogens is 2. The van der Waals surface area contributed by atoms with E-state index in [4.69, 9.17) is 11.6 Å². The summed E-state index contributed by atoms with van der Waals surface area (Å²) < 4.78 is 29.1. The molecule has 0 amide bonds. The second-order valence-electron chi connectivity index (χ2n) is 7.77. The first-order chi connectivity index (χ1) is 14.0. The van der Waals surface area contributed by atoms with Crippen LogP contribution in [-0.4, -0.2) is 19.2 Å². The zero-order valence-corrected chi connectivity index (χ0v) is 19.8. The smallest absolute Gasteiger partial charge is 0.261 e. The molecule has 0 aliphatic heterocycles. The predicted molar refractivity (Wildman–Crippen MR) is 123 cm³/mol. The molecule has 0 bridgehead atoms. The molecule has 1 aromatic heterocycles. The molecule has 0 saturated carbocycles. The number of hydrogen-bond acceptors (Lipinski definition) is 4. The number of hydrogen-bond donors (Lipinski definition) is 1. The lowest BCUT2D eigenvalue weighted by Gasteiger charge is -2.19. The predicted octanol–water partition coefficient (Wildman–Crippen LogP) is 5.83. The van der Waals surface area contributed by atoms with E-state index in [-0.39, 0.29) is 26.7 Å². The van der Waals surface area contributed by atoms with Gasteiger partial charge in [-0.3, -0.25) is 9.52 Å². The van der Waals surface area contributed by atoms with Gasteiger partial charge >= 0.3 is 0 Å². The number of carbonyl (C=O) groups excluding carboxylic acids is 1. The molecule has 1 N–H and O–H groups in total. The first kappa shape index (κ1) is 22.5. The molecular weight excluding hydrogens is 488 g/mol. The van der Waals surface area contributed by atoms with Crippen LogP contribution in [0, 0.1) is 0 Å². The third kappa shape index (κ3) is 5.09. The van der Waals surface area contributed by atoms with E-state index in [1.807, 2.05) is 20.8 Å². The van der Waals surface area contributed by atoms with Crippen LogP contribution in [0.2, 0.25) is 5.02 Å². The lowest BCUT2D eigenvalue weighted by Crippen LogP contribution is -2.17. The molecule has 0 atom stereocenters. The number of nitrogens with one attached hydrogen (secondary N) is 1. The Bertz CT molecular complexity index is 1200. The lowest BCUT2D eigenvalue weighted by atomic mass is 9.87. The average Bonchev–Trinajstić information content (AvgIpc) is 2.67. The van der Waals surface area contributed by atoms with E-state index in [0.717, 1.165) is 10.0 Å². The Kier molecular flexibility index (Phi) is 6.36. The summed E-state index contributed by atoms with van der Waals surface area (Å²) in [5, 5.41) is 0.210. The molecular formula is C22H20BrClN2O3S. The molecule has 0 unspecified atom stereocenters. The molecule has 5 nitrogen and oxygen atoms in total. The summed E-state index contributed by atoms with van der Waals surface area (Å²) in [7, 11) is -3.95. The van der Waals surface area contributed by atoms with Gasteiger partial charge in [0, 0.05) is 16.2 Å². The Hall–Kier alpha value is -2.22. The van der Waals surface area contributed by atoms with Gasteiger partial charge in [-0.05, 0) is 41.3 Å². The van der Waals surface area contributed by atoms with Gasteiger partial charge in [-0.2, -0.15) is 0 Å². The molecule has 30 heavy (non-hydrogen) atoms. The Balaban J connectivity index is 1.98. The van der Waals surface area contributed by atoms with Crippen molar-refractivity contribution in [2.45, 2.75) is 31.1 Å². The van der Waals surface area contributed by atoms with Crippen molar-refractivity contribution in [3.8, 4) is 0 Å². The topological polar surface area (TPSA) is 76.1 Å². The van der Waals surface area contributed by atoms with Crippen molar-refractivity contribution < 1.29 is 13.2 Å². The van der Waals surface area contributed by atoms with Crippen LogP contribution in [0.15, 0.2) is 70.2 Å². The molecule has 0 radical (unpaired) electrons. The van der Waals surface area contributed by atoms with Crippen LogP contribution < -0.4 is 4.72 Å². The molecule has 0 aliphatic carbocycles. The van der Waals surface area contributed by atoms with E-state index in [9.17, 15) is 13.2 Å². The van der Waals surface area contributed by atoms with Gasteiger partial charge in [-0.1, -0.05) is 72.6 Å². The van der Waals surface area contributed by atoms with E-state index < -0.39 is 15.8 Å². The lowest BCUT2D eigenvalue weighted by molar-refractivity contribution is 0.103. The summed E-state index contributed by atoms with van der Waals surface area (Å²) in [5.74, 6) is -0.422. The Morgan fingerprint density at radius 1 is 1.07 bits per heavy atom. The monoisotopic (exact) mass is 506 g/mol. The van der Waals surface area contributed by atoms with Gasteiger partial charge in [-0.15, -0.1) is 0 Å². The van der Waals surface area contributed by atoms with Crippen LogP contribution >= 0.6 is 27.5 Å². The van der Waals surface area contributed by atoms with Crippen LogP contribution in [0.25, 0.3) is 0 Å². The number of aromatic nitrogens is 1. The quantitative estimate of drug-likeness (QED) is 0.441. The van der Waals surface area contributed by atoms with Gasteiger partial charge in [-0.25, -0.2) is 13.4 Å². The van der Waals surface area contributed by atoms with Crippen LogP contribution in [0.1, 0.15) is 42.4 Å². The number of sulfonamides is 1. The second kappa shape index (κ2) is 8.49. The highest BCUT2D eigenvalue weighted by molar-refractivity contribution is 9.10. The van der Waals surface area contributed by atoms with Crippen LogP contribution in [0.3, 0.4) is 0 Å². The van der Waals surface area contributed by atoms with Crippen molar-refractivity contribution in [2.75, 3.05) is 4.72 Å². The van der Waals surface area contributed by atoms with Gasteiger partial charge in [0.05, 0.1) is 15.6 Å². The summed E-state index contributed by atoms with van der Waals surface area (Å²) >= 11 is 9.35. The van der Waals surface area contributed by atoms with Gasteiger partial charge in [0.2, 0.25) is 5.78 Å². The van der Waals surface area contributed by atoms with Crippen LogP contribution in [0.4, 0.5) is 5.69 Å². The molecule has 3 aromatic rings. The van der Waals surface area contributed by atoms with Crippen molar-refractivity contribution in [3.63, 3.8) is 0 Å². The number of benzene rings is 2. The number of pyridine rings is 1. The normalized spacial score (nSPS) is 11.9. The third-order valence-electron chi connectivity index (χ3n) is 4.43. The fourth-order valence-corrected chi connectivity index (χ4v) is 4.42. The highest BCUT2D eigenvalue weighted by Crippen LogP contribution is 2.27. The summed E-state index contributed by atoms with van der Waals surface area (Å²) in [6.45, 7) is 6.14. The van der Waals surface area contributed by atoms with Crippen molar-refractivity contribution >= 4 is 49.0 Å². The fraction of sp³-hybridized carbons (Fsp3) is 0.182. The van der Waals surface area contributed by atoms with E-state index >= 15 is 0 Å². The van der Waals surface area contributed by atoms with E-state index in [1.165, 1.54) is 24.4 Å². The molecule has 0 saturated heterocycles. The minimum atomic E-state index is -3.95. The maximum Gasteiger partial charge on any atom is 0.261 e. The SMILES string of the molecule is CC(C)(C)c1ccc(S(=O)(=O)Nc2cc(Cl)cnc2C(=O)c2cccc(Br)c2)cc1. The van der Waals surface area contributed by atoms with Crippen LogP contribution in [-0.2, 0) is 15.4 Å². The number of rotatable bonds is 5. The molecule has 0 aliphatic rings. The number of ketones is 1. The van der Waals surface area contributed by atoms with Gasteiger partial charge in [0.1, 0.15) is 5.69 Å². The van der Waals surface area contributed by atoms with Crippen molar-refractivity contribution in [2.24, 2.45) is 0 Å². The zero-order chi connectivity index (χ0) is 22.1. The Labute approximate surface area is 189 Å². The zero-order valence-electron chi connectivity index (χ0n) is 16.6. The standard InChI is InChI=1S/C22H20BrClN2O3S/c1-22(2,3)15-7-9-18(10-8-15)30(28,29)26-19-12-17(24)13-25-20(19)21(27)14-5-4-6-16(23)11-14/h4-13,26H,1-3H3. The molecule has 0 fully saturated rings. The van der Waals surface area contributed by atoms with Crippen molar-refractivity contribution in [3.05, 3.63) is 87.1 Å². The maximum absolute atomic E-state index is 12.9. The van der Waals surface area contributed by atoms with E-state index in [0.29, 0.717) is 5.56 Å². The fourth-order valence-electron chi connectivity index (χ4n) is 2.80. The number of carbonyl (C=O) groups is 1. The third-order valence-corrected chi connectivity index (χ3v) is 6.51. The first-order valence-corrected chi connectivity index (χ1v) is 11.7. The minimum Gasteiger partial charge on any atom is -0.287 e. The second-order valence-corrected chi connectivity index (χ2v) is 10.8. The summed E-state index contributed by atoms with van der Waals surface area (Å²) in [4.78, 5) is 17.1. The average molecular weight is 508 g/mol. The highest BCUT2D eigenvalue weighted by Gasteiger charge is 2.22. The van der Waals surface area contributed by atoms with E-state index in [2.05, 4.69) is 25.6 Å². The first-order valence-electron chi connectivity index (χ1n) is 9.06. The summed E-state index contributed by atoms with van der Waals surface area (Å²) in [6.07, 6.45) is 1.31. The molecule has 3 rings (SSSR count). The molecule has 2 aromatic carbocycles. The molecule has 1 heterocycles. The number of anilines is 1. The molecule has 0 spiro atoms. The molecule has 156 valence electrons. The van der Waals surface area contributed by atoms with Crippen molar-refractivity contribution in [1.29, 1.82) is 0 Å². The van der Waals surface area contributed by atoms with Gasteiger partial charge < -0.3 is 0 Å². The van der Waals surface area contributed by atoms with Crippen LogP contribution in [0.5, 0.6) is 0 Å². The Morgan fingerprint density at radius 3 is 2.33 bits per heavy atom. The van der Waals surface area contributed by atoms with Gasteiger partial charge in [0.15, 0.2) is 0 Å². The number of nitrogens with zero attached hydrogens (tertiary/aromatic N) is 1. The molecule has 8 heteroatoms. The van der Waals surface area contributed by atoms with Crippen molar-refractivity contribution in [1.82, 2.24) is 4.98 Å². The summed E-state index contributed by atoms with van der Waals surface area (Å²) in [5.41, 5.74) is 1.26. The van der Waals surface area contributed by atoms with Gasteiger partial charge in [0.25, 0.3) is 10.0 Å².